The van der Waals surface area contributed by atoms with Gasteiger partial charge >= 0.3 is 0 Å². The van der Waals surface area contributed by atoms with Crippen molar-refractivity contribution in [3.8, 4) is 5.75 Å². The molecular weight excluding hydrogens is 330 g/mol. The molecule has 134 valence electrons. The molecule has 1 aliphatic heterocycles. The maximum Gasteiger partial charge on any atom is 0.229 e. The van der Waals surface area contributed by atoms with E-state index in [2.05, 4.69) is 37.1 Å². The minimum absolute atomic E-state index is 0.585. The highest BCUT2D eigenvalue weighted by molar-refractivity contribution is 5.85. The summed E-state index contributed by atoms with van der Waals surface area (Å²) in [5.74, 6) is 2.10. The summed E-state index contributed by atoms with van der Waals surface area (Å²) in [6.45, 7) is 3.75. The molecule has 3 heterocycles. The van der Waals surface area contributed by atoms with Crippen LogP contribution in [0.3, 0.4) is 0 Å². The Morgan fingerprint density at radius 3 is 2.65 bits per heavy atom. The van der Waals surface area contributed by atoms with Gasteiger partial charge in [-0.2, -0.15) is 9.97 Å². The van der Waals surface area contributed by atoms with E-state index in [1.807, 2.05) is 24.3 Å². The van der Waals surface area contributed by atoms with Crippen molar-refractivity contribution in [2.24, 2.45) is 0 Å². The average molecular weight is 351 g/mol. The van der Waals surface area contributed by atoms with Gasteiger partial charge < -0.3 is 19.9 Å². The second-order valence-corrected chi connectivity index (χ2v) is 6.25. The maximum atomic E-state index is 5.30. The van der Waals surface area contributed by atoms with E-state index in [0.717, 1.165) is 37.6 Å². The maximum absolute atomic E-state index is 5.30. The molecule has 0 radical (unpaired) electrons. The van der Waals surface area contributed by atoms with Gasteiger partial charge in [0.05, 0.1) is 7.11 Å². The van der Waals surface area contributed by atoms with E-state index in [1.54, 1.807) is 19.5 Å². The third kappa shape index (κ3) is 3.36. The van der Waals surface area contributed by atoms with Crippen LogP contribution in [0.15, 0.2) is 36.7 Å². The molecule has 1 saturated heterocycles. The summed E-state index contributed by atoms with van der Waals surface area (Å²) in [4.78, 5) is 22.6. The van der Waals surface area contributed by atoms with Crippen molar-refractivity contribution in [3.63, 3.8) is 0 Å². The van der Waals surface area contributed by atoms with E-state index in [4.69, 9.17) is 9.72 Å². The fourth-order valence-electron chi connectivity index (χ4n) is 2.92. The molecular formula is C18H21N7O. The molecule has 1 aromatic carbocycles. The van der Waals surface area contributed by atoms with Gasteiger partial charge in [-0.25, -0.2) is 9.97 Å². The van der Waals surface area contributed by atoms with Crippen molar-refractivity contribution in [1.82, 2.24) is 24.8 Å². The summed E-state index contributed by atoms with van der Waals surface area (Å²) in [6.07, 6.45) is 3.30. The van der Waals surface area contributed by atoms with Crippen LogP contribution in [0, 0.1) is 0 Å². The number of ether oxygens (including phenoxy) is 1. The lowest BCUT2D eigenvalue weighted by Gasteiger charge is -2.32. The summed E-state index contributed by atoms with van der Waals surface area (Å²) < 4.78 is 5.30. The molecule has 0 unspecified atom stereocenters. The summed E-state index contributed by atoms with van der Waals surface area (Å²) in [5.41, 5.74) is 2.11. The number of aromatic nitrogens is 4. The third-order valence-corrected chi connectivity index (χ3v) is 4.44. The zero-order chi connectivity index (χ0) is 17.9. The number of nitrogens with one attached hydrogen (secondary N) is 1. The van der Waals surface area contributed by atoms with Crippen LogP contribution in [0.1, 0.15) is 0 Å². The highest BCUT2D eigenvalue weighted by atomic mass is 16.5. The van der Waals surface area contributed by atoms with Crippen molar-refractivity contribution in [2.45, 2.75) is 0 Å². The van der Waals surface area contributed by atoms with Gasteiger partial charge in [-0.1, -0.05) is 6.07 Å². The van der Waals surface area contributed by atoms with Gasteiger partial charge in [-0.05, 0) is 19.2 Å². The number of methoxy groups -OCH3 is 1. The number of nitrogens with zero attached hydrogens (tertiary/aromatic N) is 6. The zero-order valence-electron chi connectivity index (χ0n) is 14.9. The zero-order valence-corrected chi connectivity index (χ0v) is 14.9. The average Bonchev–Trinajstić information content (AvgIpc) is 2.68. The first-order valence-electron chi connectivity index (χ1n) is 8.56. The summed E-state index contributed by atoms with van der Waals surface area (Å²) in [5, 5.41) is 3.34. The first-order valence-corrected chi connectivity index (χ1v) is 8.56. The largest absolute Gasteiger partial charge is 0.497 e. The van der Waals surface area contributed by atoms with E-state index in [-0.39, 0.29) is 0 Å². The van der Waals surface area contributed by atoms with Crippen molar-refractivity contribution < 1.29 is 4.74 Å². The Balaban J connectivity index is 1.72. The van der Waals surface area contributed by atoms with Gasteiger partial charge in [0.1, 0.15) is 5.75 Å². The molecule has 4 rings (SSSR count). The number of likely N-dealkylation sites (N-methyl/N-ethyl adjacent to an activating group) is 1. The molecule has 0 saturated carbocycles. The Bertz CT molecular complexity index is 909. The molecule has 0 amide bonds. The van der Waals surface area contributed by atoms with E-state index in [0.29, 0.717) is 22.9 Å². The predicted molar refractivity (Wildman–Crippen MR) is 101 cm³/mol. The van der Waals surface area contributed by atoms with Crippen LogP contribution in [-0.4, -0.2) is 65.2 Å². The summed E-state index contributed by atoms with van der Waals surface area (Å²) in [7, 11) is 3.77. The van der Waals surface area contributed by atoms with Gasteiger partial charge in [0.2, 0.25) is 5.95 Å². The van der Waals surface area contributed by atoms with Crippen LogP contribution < -0.4 is 15.0 Å². The number of piperazine rings is 1. The molecule has 0 bridgehead atoms. The molecule has 8 nitrogen and oxygen atoms in total. The first-order chi connectivity index (χ1) is 12.7. The molecule has 1 aliphatic rings. The van der Waals surface area contributed by atoms with Crippen LogP contribution in [-0.2, 0) is 0 Å². The molecule has 26 heavy (non-hydrogen) atoms. The lowest BCUT2D eigenvalue weighted by molar-refractivity contribution is 0.311. The minimum atomic E-state index is 0.585. The number of hydrogen-bond acceptors (Lipinski definition) is 8. The van der Waals surface area contributed by atoms with Gasteiger partial charge in [0, 0.05) is 50.3 Å². The summed E-state index contributed by atoms with van der Waals surface area (Å²) >= 11 is 0. The molecule has 2 aromatic heterocycles. The van der Waals surface area contributed by atoms with Crippen molar-refractivity contribution in [2.75, 3.05) is 50.6 Å². The molecule has 1 fully saturated rings. The number of anilines is 3. The summed E-state index contributed by atoms with van der Waals surface area (Å²) in [6, 6.07) is 7.71. The lowest BCUT2D eigenvalue weighted by atomic mass is 10.3. The van der Waals surface area contributed by atoms with Crippen LogP contribution in [0.5, 0.6) is 5.75 Å². The van der Waals surface area contributed by atoms with Crippen LogP contribution in [0.4, 0.5) is 17.5 Å². The Hall–Kier alpha value is -3.00. The normalized spacial score (nSPS) is 15.2. The van der Waals surface area contributed by atoms with E-state index < -0.39 is 0 Å². The lowest BCUT2D eigenvalue weighted by Crippen LogP contribution is -2.45. The highest BCUT2D eigenvalue weighted by Crippen LogP contribution is 2.26. The van der Waals surface area contributed by atoms with Gasteiger partial charge in [-0.3, -0.25) is 0 Å². The molecule has 1 N–H and O–H groups in total. The van der Waals surface area contributed by atoms with Crippen molar-refractivity contribution in [1.29, 1.82) is 0 Å². The highest BCUT2D eigenvalue weighted by Gasteiger charge is 2.19. The van der Waals surface area contributed by atoms with E-state index in [9.17, 15) is 0 Å². The molecule has 0 atom stereocenters. The van der Waals surface area contributed by atoms with Gasteiger partial charge in [0.15, 0.2) is 17.0 Å². The van der Waals surface area contributed by atoms with E-state index in [1.165, 1.54) is 0 Å². The second-order valence-electron chi connectivity index (χ2n) is 6.25. The molecule has 3 aromatic rings. The van der Waals surface area contributed by atoms with Crippen molar-refractivity contribution >= 4 is 28.6 Å². The smallest absolute Gasteiger partial charge is 0.229 e. The fraction of sp³-hybridized carbons (Fsp3) is 0.333. The third-order valence-electron chi connectivity index (χ3n) is 4.44. The molecule has 0 aliphatic carbocycles. The van der Waals surface area contributed by atoms with Crippen LogP contribution in [0.2, 0.25) is 0 Å². The Morgan fingerprint density at radius 1 is 1.04 bits per heavy atom. The van der Waals surface area contributed by atoms with Gasteiger partial charge in [-0.15, -0.1) is 0 Å². The number of fused-ring (bicyclic) bond motifs is 1. The van der Waals surface area contributed by atoms with Crippen LogP contribution in [0.25, 0.3) is 11.2 Å². The number of rotatable bonds is 4. The molecule has 0 spiro atoms. The second kappa shape index (κ2) is 7.09. The topological polar surface area (TPSA) is 79.3 Å². The van der Waals surface area contributed by atoms with Crippen LogP contribution >= 0.6 is 0 Å². The SMILES string of the molecule is COc1cccc(Nc2nc(N3CCN(C)CC3)nc3nccnc23)c1. The Labute approximate surface area is 151 Å². The standard InChI is InChI=1S/C18H21N7O/c1-24-8-10-25(11-9-24)18-22-16-15(19-6-7-20-16)17(23-18)21-13-4-3-5-14(12-13)26-2/h3-7,12H,8-11H2,1-2H3,(H,20,21,22,23). The van der Waals surface area contributed by atoms with Crippen molar-refractivity contribution in [3.05, 3.63) is 36.7 Å². The fourth-order valence-corrected chi connectivity index (χ4v) is 2.92. The Morgan fingerprint density at radius 2 is 1.85 bits per heavy atom. The minimum Gasteiger partial charge on any atom is -0.497 e. The Kier molecular flexibility index (Phi) is 4.49. The van der Waals surface area contributed by atoms with E-state index >= 15 is 0 Å². The predicted octanol–water partition coefficient (Wildman–Crippen LogP) is 1.92. The quantitative estimate of drug-likeness (QED) is 0.764. The molecule has 8 heteroatoms. The monoisotopic (exact) mass is 351 g/mol. The number of hydrogen-bond donors (Lipinski definition) is 1. The van der Waals surface area contributed by atoms with Gasteiger partial charge in [0.25, 0.3) is 0 Å². The number of benzene rings is 1. The first kappa shape index (κ1) is 16.5.